The van der Waals surface area contributed by atoms with Gasteiger partial charge >= 0.3 is 5.97 Å². The lowest BCUT2D eigenvalue weighted by atomic mass is 9.87. The zero-order valence-electron chi connectivity index (χ0n) is 10.6. The second-order valence-electron chi connectivity index (χ2n) is 4.49. The van der Waals surface area contributed by atoms with Crippen LogP contribution in [-0.2, 0) is 4.79 Å². The lowest BCUT2D eigenvalue weighted by molar-refractivity contribution is -0.147. The molecule has 5 heteroatoms. The molecular weight excluding hydrogens is 232 g/mol. The maximum Gasteiger partial charge on any atom is 0.311 e. The Morgan fingerprint density at radius 1 is 1.39 bits per heavy atom. The number of carboxylic acid groups (broad SMARTS) is 1. The normalized spacial score (nSPS) is 13.7. The lowest BCUT2D eigenvalue weighted by Crippen LogP contribution is -2.40. The molecule has 1 aromatic carbocycles. The van der Waals surface area contributed by atoms with E-state index in [2.05, 4.69) is 5.32 Å². The number of nitrogen functional groups attached to an aromatic ring is 1. The summed E-state index contributed by atoms with van der Waals surface area (Å²) in [6, 6.07) is 6.68. The fourth-order valence-corrected chi connectivity index (χ4v) is 1.43. The van der Waals surface area contributed by atoms with Crippen molar-refractivity contribution in [3.63, 3.8) is 0 Å². The third kappa shape index (κ3) is 3.00. The molecule has 1 aromatic rings. The van der Waals surface area contributed by atoms with Gasteiger partial charge in [-0.3, -0.25) is 9.59 Å². The minimum atomic E-state index is -0.959. The van der Waals surface area contributed by atoms with Crippen LogP contribution in [0.15, 0.2) is 24.3 Å². The Morgan fingerprint density at radius 2 is 2.00 bits per heavy atom. The van der Waals surface area contributed by atoms with E-state index in [-0.39, 0.29) is 12.5 Å². The van der Waals surface area contributed by atoms with Gasteiger partial charge in [-0.05, 0) is 25.5 Å². The SMILES string of the molecule is CCC(C)(CNC(=O)c1ccccc1N)C(=O)O. The summed E-state index contributed by atoms with van der Waals surface area (Å²) in [6.45, 7) is 3.45. The molecule has 0 saturated heterocycles. The summed E-state index contributed by atoms with van der Waals surface area (Å²) in [5.41, 5.74) is 5.46. The number of hydrogen-bond acceptors (Lipinski definition) is 3. The van der Waals surface area contributed by atoms with Gasteiger partial charge in [-0.2, -0.15) is 0 Å². The van der Waals surface area contributed by atoms with E-state index in [1.165, 1.54) is 0 Å². The van der Waals surface area contributed by atoms with E-state index in [9.17, 15) is 9.59 Å². The molecular formula is C13H18N2O3. The van der Waals surface area contributed by atoms with Crippen LogP contribution < -0.4 is 11.1 Å². The van der Waals surface area contributed by atoms with Crippen molar-refractivity contribution >= 4 is 17.6 Å². The quantitative estimate of drug-likeness (QED) is 0.690. The highest BCUT2D eigenvalue weighted by Gasteiger charge is 2.31. The number of anilines is 1. The Labute approximate surface area is 106 Å². The van der Waals surface area contributed by atoms with E-state index in [4.69, 9.17) is 10.8 Å². The van der Waals surface area contributed by atoms with Gasteiger partial charge in [-0.1, -0.05) is 19.1 Å². The molecule has 18 heavy (non-hydrogen) atoms. The fraction of sp³-hybridized carbons (Fsp3) is 0.385. The fourth-order valence-electron chi connectivity index (χ4n) is 1.43. The van der Waals surface area contributed by atoms with Gasteiger partial charge in [0.25, 0.3) is 5.91 Å². The molecule has 0 bridgehead atoms. The van der Waals surface area contributed by atoms with Crippen LogP contribution in [-0.4, -0.2) is 23.5 Å². The van der Waals surface area contributed by atoms with E-state index < -0.39 is 11.4 Å². The minimum Gasteiger partial charge on any atom is -0.481 e. The van der Waals surface area contributed by atoms with Crippen LogP contribution in [0.3, 0.4) is 0 Å². The van der Waals surface area contributed by atoms with Gasteiger partial charge in [-0.25, -0.2) is 0 Å². The molecule has 0 spiro atoms. The molecule has 0 radical (unpaired) electrons. The summed E-state index contributed by atoms with van der Waals surface area (Å²) in [6.07, 6.45) is 0.437. The first kappa shape index (κ1) is 14.0. The van der Waals surface area contributed by atoms with E-state index in [0.29, 0.717) is 17.7 Å². The number of benzene rings is 1. The summed E-state index contributed by atoms with van der Waals surface area (Å²) in [5.74, 6) is -1.28. The number of nitrogens with one attached hydrogen (secondary N) is 1. The number of carbonyl (C=O) groups is 2. The summed E-state index contributed by atoms with van der Waals surface area (Å²) in [4.78, 5) is 23.0. The Bertz CT molecular complexity index is 459. The molecule has 1 unspecified atom stereocenters. The van der Waals surface area contributed by atoms with Crippen molar-refractivity contribution in [2.24, 2.45) is 5.41 Å². The van der Waals surface area contributed by atoms with E-state index >= 15 is 0 Å². The van der Waals surface area contributed by atoms with E-state index in [1.54, 1.807) is 38.1 Å². The van der Waals surface area contributed by atoms with Gasteiger partial charge < -0.3 is 16.2 Å². The molecule has 1 rings (SSSR count). The predicted molar refractivity (Wildman–Crippen MR) is 69.2 cm³/mol. The van der Waals surface area contributed by atoms with Crippen LogP contribution >= 0.6 is 0 Å². The summed E-state index contributed by atoms with van der Waals surface area (Å²) >= 11 is 0. The van der Waals surface area contributed by atoms with Crippen LogP contribution in [0.2, 0.25) is 0 Å². The third-order valence-electron chi connectivity index (χ3n) is 3.14. The maximum absolute atomic E-state index is 11.9. The van der Waals surface area contributed by atoms with Crippen LogP contribution in [0, 0.1) is 5.41 Å². The molecule has 4 N–H and O–H groups in total. The highest BCUT2D eigenvalue weighted by atomic mass is 16.4. The summed E-state index contributed by atoms with van der Waals surface area (Å²) in [7, 11) is 0. The molecule has 1 atom stereocenters. The number of carboxylic acids is 1. The zero-order valence-corrected chi connectivity index (χ0v) is 10.6. The average Bonchev–Trinajstić information content (AvgIpc) is 2.35. The number of carbonyl (C=O) groups excluding carboxylic acids is 1. The number of amides is 1. The van der Waals surface area contributed by atoms with Crippen molar-refractivity contribution < 1.29 is 14.7 Å². The van der Waals surface area contributed by atoms with Crippen LogP contribution in [0.5, 0.6) is 0 Å². The van der Waals surface area contributed by atoms with Crippen LogP contribution in [0.25, 0.3) is 0 Å². The first-order chi connectivity index (χ1) is 8.40. The first-order valence-electron chi connectivity index (χ1n) is 5.77. The first-order valence-corrected chi connectivity index (χ1v) is 5.77. The second-order valence-corrected chi connectivity index (χ2v) is 4.49. The molecule has 0 saturated carbocycles. The second kappa shape index (κ2) is 5.53. The van der Waals surface area contributed by atoms with Gasteiger partial charge in [0.1, 0.15) is 0 Å². The maximum atomic E-state index is 11.9. The number of nitrogens with two attached hydrogens (primary N) is 1. The number of hydrogen-bond donors (Lipinski definition) is 3. The lowest BCUT2D eigenvalue weighted by Gasteiger charge is -2.23. The van der Waals surface area contributed by atoms with Crippen LogP contribution in [0.1, 0.15) is 30.6 Å². The summed E-state index contributed by atoms with van der Waals surface area (Å²) < 4.78 is 0. The Morgan fingerprint density at radius 3 is 2.50 bits per heavy atom. The highest BCUT2D eigenvalue weighted by molar-refractivity contribution is 5.99. The number of rotatable bonds is 5. The molecule has 0 aliphatic rings. The van der Waals surface area contributed by atoms with E-state index in [0.717, 1.165) is 0 Å². The number of aliphatic carboxylic acids is 1. The minimum absolute atomic E-state index is 0.0754. The molecule has 0 aromatic heterocycles. The third-order valence-corrected chi connectivity index (χ3v) is 3.14. The Hall–Kier alpha value is -2.04. The van der Waals surface area contributed by atoms with Gasteiger partial charge in [0, 0.05) is 12.2 Å². The Kier molecular flexibility index (Phi) is 4.31. The van der Waals surface area contributed by atoms with Gasteiger partial charge in [0.15, 0.2) is 0 Å². The van der Waals surface area contributed by atoms with Crippen molar-refractivity contribution in [1.82, 2.24) is 5.32 Å². The molecule has 0 aliphatic heterocycles. The van der Waals surface area contributed by atoms with Crippen LogP contribution in [0.4, 0.5) is 5.69 Å². The van der Waals surface area contributed by atoms with Gasteiger partial charge in [-0.15, -0.1) is 0 Å². The molecule has 0 heterocycles. The summed E-state index contributed by atoms with van der Waals surface area (Å²) in [5, 5.41) is 11.7. The van der Waals surface area contributed by atoms with Crippen molar-refractivity contribution in [3.05, 3.63) is 29.8 Å². The average molecular weight is 250 g/mol. The monoisotopic (exact) mass is 250 g/mol. The van der Waals surface area contributed by atoms with Gasteiger partial charge in [0.2, 0.25) is 0 Å². The zero-order chi connectivity index (χ0) is 13.8. The smallest absolute Gasteiger partial charge is 0.311 e. The molecule has 5 nitrogen and oxygen atoms in total. The predicted octanol–water partition coefficient (Wildman–Crippen LogP) is 1.50. The van der Waals surface area contributed by atoms with Crippen molar-refractivity contribution in [1.29, 1.82) is 0 Å². The topological polar surface area (TPSA) is 92.4 Å². The largest absolute Gasteiger partial charge is 0.481 e. The van der Waals surface area contributed by atoms with Gasteiger partial charge in [0.05, 0.1) is 11.0 Å². The van der Waals surface area contributed by atoms with Crippen molar-refractivity contribution in [2.75, 3.05) is 12.3 Å². The van der Waals surface area contributed by atoms with Crippen molar-refractivity contribution in [2.45, 2.75) is 20.3 Å². The molecule has 0 fully saturated rings. The van der Waals surface area contributed by atoms with E-state index in [1.807, 2.05) is 0 Å². The Balaban J connectivity index is 2.73. The standard InChI is InChI=1S/C13H18N2O3/c1-3-13(2,12(17)18)8-15-11(16)9-6-4-5-7-10(9)14/h4-7H,3,8,14H2,1-2H3,(H,15,16)(H,17,18). The molecule has 0 aliphatic carbocycles. The number of para-hydroxylation sites is 1. The molecule has 1 amide bonds. The highest BCUT2D eigenvalue weighted by Crippen LogP contribution is 2.20. The van der Waals surface area contributed by atoms with Crippen molar-refractivity contribution in [3.8, 4) is 0 Å². The molecule has 98 valence electrons.